The Bertz CT molecular complexity index is 1610. The van der Waals surface area contributed by atoms with Crippen molar-refractivity contribution in [2.24, 2.45) is 0 Å². The lowest BCUT2D eigenvalue weighted by molar-refractivity contribution is -0.161. The average molecular weight is 1050 g/mol. The van der Waals surface area contributed by atoms with Crippen LogP contribution in [0, 0.1) is 0 Å². The largest absolute Gasteiger partial charge is 0.462 e. The monoisotopic (exact) mass is 1050 g/mol. The molecule has 76 heavy (non-hydrogen) atoms. The molecule has 0 aliphatic carbocycles. The molecule has 1 atom stereocenters. The molecule has 0 aromatic rings. The summed E-state index contributed by atoms with van der Waals surface area (Å²) >= 11 is 0. The maximum atomic E-state index is 12.3. The zero-order valence-electron chi connectivity index (χ0n) is 49.2. The van der Waals surface area contributed by atoms with Crippen molar-refractivity contribution < 1.29 is 24.2 Å². The van der Waals surface area contributed by atoms with Gasteiger partial charge < -0.3 is 14.6 Å². The Morgan fingerprint density at radius 2 is 0.566 bits per heavy atom. The predicted octanol–water partition coefficient (Wildman–Crippen LogP) is 21.8. The van der Waals surface area contributed by atoms with Crippen molar-refractivity contribution in [1.29, 1.82) is 0 Å². The van der Waals surface area contributed by atoms with Crippen molar-refractivity contribution in [3.63, 3.8) is 0 Å². The molecule has 0 aliphatic rings. The second kappa shape index (κ2) is 65.1. The Morgan fingerprint density at radius 1 is 0.316 bits per heavy atom. The minimum absolute atomic E-state index is 0.0778. The molecule has 0 aliphatic heterocycles. The summed E-state index contributed by atoms with van der Waals surface area (Å²) in [6, 6.07) is 0. The van der Waals surface area contributed by atoms with E-state index < -0.39 is 6.10 Å². The van der Waals surface area contributed by atoms with Gasteiger partial charge in [0.25, 0.3) is 0 Å². The summed E-state index contributed by atoms with van der Waals surface area (Å²) in [5, 5.41) is 9.67. The van der Waals surface area contributed by atoms with Gasteiger partial charge in [0, 0.05) is 12.8 Å². The molecule has 430 valence electrons. The molecule has 0 rings (SSSR count). The van der Waals surface area contributed by atoms with Crippen LogP contribution in [0.5, 0.6) is 0 Å². The van der Waals surface area contributed by atoms with Crippen LogP contribution in [0.3, 0.4) is 0 Å². The van der Waals surface area contributed by atoms with E-state index in [2.05, 4.69) is 160 Å². The lowest BCUT2D eigenvalue weighted by Gasteiger charge is -2.15. The summed E-state index contributed by atoms with van der Waals surface area (Å²) < 4.78 is 10.7. The first-order chi connectivity index (χ1) is 37.6. The highest BCUT2D eigenvalue weighted by atomic mass is 16.6. The maximum Gasteiger partial charge on any atom is 0.306 e. The summed E-state index contributed by atoms with van der Waals surface area (Å²) in [5.74, 6) is -0.606. The van der Waals surface area contributed by atoms with Crippen molar-refractivity contribution in [3.8, 4) is 0 Å². The van der Waals surface area contributed by atoms with Gasteiger partial charge >= 0.3 is 11.9 Å². The van der Waals surface area contributed by atoms with Crippen molar-refractivity contribution in [2.75, 3.05) is 13.2 Å². The number of allylic oxidation sites excluding steroid dienone is 24. The van der Waals surface area contributed by atoms with Gasteiger partial charge in [0.05, 0.1) is 6.61 Å². The minimum Gasteiger partial charge on any atom is -0.462 e. The zero-order valence-corrected chi connectivity index (χ0v) is 49.2. The summed E-state index contributed by atoms with van der Waals surface area (Å²) in [7, 11) is 0. The fourth-order valence-corrected chi connectivity index (χ4v) is 8.44. The van der Waals surface area contributed by atoms with Crippen LogP contribution in [-0.4, -0.2) is 36.4 Å². The number of carbonyl (C=O) groups is 2. The SMILES string of the molecule is CC/C=C\C/C=C\C/C=C\C/C=C\C/C=C\C/C=C\C/C=C\C/C=C\C/C=C\CCCCCCCCCCCCCC(=O)OC(CO)COC(=O)CCCCCCCCCC/C=C\C/C=C\C/C=C\CCCCCCC. The first-order valence-electron chi connectivity index (χ1n) is 31.4. The number of carbonyl (C=O) groups excluding carboxylic acids is 2. The third-order valence-corrected chi connectivity index (χ3v) is 13.1. The van der Waals surface area contributed by atoms with Crippen molar-refractivity contribution >= 4 is 11.9 Å². The highest BCUT2D eigenvalue weighted by molar-refractivity contribution is 5.70. The van der Waals surface area contributed by atoms with E-state index in [0.29, 0.717) is 12.8 Å². The van der Waals surface area contributed by atoms with E-state index in [1.807, 2.05) is 0 Å². The molecular weight excluding hydrogens is 933 g/mol. The lowest BCUT2D eigenvalue weighted by Crippen LogP contribution is -2.28. The van der Waals surface area contributed by atoms with Gasteiger partial charge in [-0.3, -0.25) is 9.59 Å². The van der Waals surface area contributed by atoms with E-state index in [1.54, 1.807) is 0 Å². The van der Waals surface area contributed by atoms with E-state index in [0.717, 1.165) is 109 Å². The molecule has 1 unspecified atom stereocenters. The van der Waals surface area contributed by atoms with E-state index in [1.165, 1.54) is 135 Å². The second-order valence-electron chi connectivity index (χ2n) is 20.4. The molecule has 5 heteroatoms. The fourth-order valence-electron chi connectivity index (χ4n) is 8.44. The van der Waals surface area contributed by atoms with Crippen LogP contribution in [0.1, 0.15) is 271 Å². The maximum absolute atomic E-state index is 12.3. The van der Waals surface area contributed by atoms with Crippen molar-refractivity contribution in [1.82, 2.24) is 0 Å². The first-order valence-corrected chi connectivity index (χ1v) is 31.4. The Kier molecular flexibility index (Phi) is 61.5. The van der Waals surface area contributed by atoms with Crippen LogP contribution in [-0.2, 0) is 19.1 Å². The standard InChI is InChI=1S/C71H116O5/c1-3-5-7-9-11-13-15-17-19-21-23-25-27-28-29-30-31-32-33-34-35-36-37-38-39-40-41-42-44-46-48-50-52-54-56-58-60-62-64-66-71(74)76-69(67-72)68-75-70(73)65-63-61-59-57-55-53-51-49-47-45-43-26-24-22-20-18-16-14-12-10-8-6-4-2/h5,7,11,13,16-19,22-25,28-29,31-32,34-35,37-38,40-41,43,45,69,72H,3-4,6,8-10,12,14-15,20-21,26-27,30,33,36,39,42,44,46-68H2,1-2H3/b7-5-,13-11-,18-16-,19-17-,24-22-,25-23-,29-28-,32-31-,35-34-,38-37-,41-40-,45-43-. The molecule has 1 N–H and O–H groups in total. The van der Waals surface area contributed by atoms with E-state index in [9.17, 15) is 14.7 Å². The molecule has 0 bridgehead atoms. The average Bonchev–Trinajstić information content (AvgIpc) is 3.42. The number of unbranched alkanes of at least 4 members (excludes halogenated alkanes) is 24. The quantitative estimate of drug-likeness (QED) is 0.0373. The van der Waals surface area contributed by atoms with Crippen molar-refractivity contribution in [3.05, 3.63) is 146 Å². The third kappa shape index (κ3) is 62.3. The Morgan fingerprint density at radius 3 is 0.855 bits per heavy atom. The normalized spacial score (nSPS) is 13.2. The van der Waals surface area contributed by atoms with Gasteiger partial charge in [0.15, 0.2) is 6.10 Å². The van der Waals surface area contributed by atoms with Gasteiger partial charge in [-0.05, 0) is 122 Å². The summed E-state index contributed by atoms with van der Waals surface area (Å²) in [6.45, 7) is 4.01. The molecule has 0 aromatic heterocycles. The number of esters is 2. The van der Waals surface area contributed by atoms with E-state index >= 15 is 0 Å². The van der Waals surface area contributed by atoms with Gasteiger partial charge in [0.2, 0.25) is 0 Å². The van der Waals surface area contributed by atoms with Crippen LogP contribution in [0.15, 0.2) is 146 Å². The number of aliphatic hydroxyl groups is 1. The first kappa shape index (κ1) is 71.8. The Labute approximate surface area is 469 Å². The highest BCUT2D eigenvalue weighted by Gasteiger charge is 2.16. The van der Waals surface area contributed by atoms with Crippen molar-refractivity contribution in [2.45, 2.75) is 277 Å². The zero-order chi connectivity index (χ0) is 54.8. The molecule has 0 spiro atoms. The van der Waals surface area contributed by atoms with Gasteiger partial charge in [-0.2, -0.15) is 0 Å². The Hall–Kier alpha value is -4.22. The molecule has 0 aromatic carbocycles. The second-order valence-corrected chi connectivity index (χ2v) is 20.4. The van der Waals surface area contributed by atoms with Gasteiger partial charge in [-0.1, -0.05) is 282 Å². The highest BCUT2D eigenvalue weighted by Crippen LogP contribution is 2.15. The molecule has 0 saturated carbocycles. The summed E-state index contributed by atoms with van der Waals surface area (Å²) in [5.41, 5.74) is 0. The van der Waals surface area contributed by atoms with Crippen LogP contribution >= 0.6 is 0 Å². The van der Waals surface area contributed by atoms with Gasteiger partial charge in [0.1, 0.15) is 6.61 Å². The molecule has 0 fully saturated rings. The van der Waals surface area contributed by atoms with Gasteiger partial charge in [-0.15, -0.1) is 0 Å². The minimum atomic E-state index is -0.788. The number of rotatable bonds is 56. The summed E-state index contributed by atoms with van der Waals surface area (Å²) in [4.78, 5) is 24.6. The Balaban J connectivity index is 3.57. The van der Waals surface area contributed by atoms with Crippen LogP contribution in [0.25, 0.3) is 0 Å². The van der Waals surface area contributed by atoms with E-state index in [4.69, 9.17) is 9.47 Å². The third-order valence-electron chi connectivity index (χ3n) is 13.1. The number of ether oxygens (including phenoxy) is 2. The van der Waals surface area contributed by atoms with Crippen LogP contribution in [0.2, 0.25) is 0 Å². The number of hydrogen-bond acceptors (Lipinski definition) is 5. The molecule has 0 amide bonds. The summed E-state index contributed by atoms with van der Waals surface area (Å²) in [6.07, 6.45) is 98.3. The fraction of sp³-hybridized carbons (Fsp3) is 0.634. The van der Waals surface area contributed by atoms with Gasteiger partial charge in [-0.25, -0.2) is 0 Å². The predicted molar refractivity (Wildman–Crippen MR) is 334 cm³/mol. The lowest BCUT2D eigenvalue weighted by atomic mass is 10.0. The van der Waals surface area contributed by atoms with Crippen LogP contribution in [0.4, 0.5) is 0 Å². The topological polar surface area (TPSA) is 72.8 Å². The van der Waals surface area contributed by atoms with E-state index in [-0.39, 0.29) is 25.2 Å². The smallest absolute Gasteiger partial charge is 0.306 e. The molecule has 0 heterocycles. The number of hydrogen-bond donors (Lipinski definition) is 1. The number of aliphatic hydroxyl groups excluding tert-OH is 1. The van der Waals surface area contributed by atoms with Crippen LogP contribution < -0.4 is 0 Å². The molecular formula is C71H116O5. The molecule has 5 nitrogen and oxygen atoms in total. The molecule has 0 radical (unpaired) electrons. The molecule has 0 saturated heterocycles.